The zero-order chi connectivity index (χ0) is 6.10. The lowest BCUT2D eigenvalue weighted by atomic mass is 9.65. The van der Waals surface area contributed by atoms with Gasteiger partial charge in [0.1, 0.15) is 7.28 Å². The fourth-order valence-electron chi connectivity index (χ4n) is 2.02. The Hall–Kier alpha value is 0.0249. The Morgan fingerprint density at radius 2 is 2.33 bits per heavy atom. The third-order valence-corrected chi connectivity index (χ3v) is 2.56. The van der Waals surface area contributed by atoms with Crippen LogP contribution in [0, 0.1) is 0 Å². The van der Waals surface area contributed by atoms with Gasteiger partial charge in [0.25, 0.3) is 0 Å². The maximum Gasteiger partial charge on any atom is 0.113 e. The number of hydrogen-bond acceptors (Lipinski definition) is 1. The topological polar surface area (TPSA) is 3.24 Å². The molecule has 0 saturated carbocycles. The lowest BCUT2D eigenvalue weighted by Gasteiger charge is -2.28. The Balaban J connectivity index is 1.97. The standard InChI is InChI=1S/C7H13BN/c1-2-7-6-8-3-5-9(7)4-1/h7H,1-6H2. The Kier molecular flexibility index (Phi) is 1.50. The van der Waals surface area contributed by atoms with Gasteiger partial charge < -0.3 is 4.90 Å². The summed E-state index contributed by atoms with van der Waals surface area (Å²) in [5.74, 6) is 0. The van der Waals surface area contributed by atoms with Crippen molar-refractivity contribution in [2.75, 3.05) is 13.1 Å². The van der Waals surface area contributed by atoms with Crippen molar-refractivity contribution in [2.45, 2.75) is 31.5 Å². The van der Waals surface area contributed by atoms with Crippen molar-refractivity contribution in [3.63, 3.8) is 0 Å². The second-order valence-corrected chi connectivity index (χ2v) is 3.15. The first-order valence-electron chi connectivity index (χ1n) is 4.02. The highest BCUT2D eigenvalue weighted by Gasteiger charge is 2.26. The van der Waals surface area contributed by atoms with Crippen LogP contribution in [-0.4, -0.2) is 31.3 Å². The molecular weight excluding hydrogens is 109 g/mol. The summed E-state index contributed by atoms with van der Waals surface area (Å²) in [4.78, 5) is 2.64. The lowest BCUT2D eigenvalue weighted by molar-refractivity contribution is 0.272. The first kappa shape index (κ1) is 5.78. The maximum absolute atomic E-state index is 2.64. The van der Waals surface area contributed by atoms with Crippen molar-refractivity contribution in [2.24, 2.45) is 0 Å². The van der Waals surface area contributed by atoms with Gasteiger partial charge in [-0.1, -0.05) is 12.6 Å². The van der Waals surface area contributed by atoms with Crippen LogP contribution in [0.1, 0.15) is 12.8 Å². The fourth-order valence-corrected chi connectivity index (χ4v) is 2.02. The summed E-state index contributed by atoms with van der Waals surface area (Å²) in [6, 6.07) is 0.943. The Labute approximate surface area is 57.7 Å². The number of nitrogens with zero attached hydrogens (tertiary/aromatic N) is 1. The Bertz CT molecular complexity index is 93.1. The Morgan fingerprint density at radius 1 is 1.33 bits per heavy atom. The molecule has 49 valence electrons. The van der Waals surface area contributed by atoms with Crippen LogP contribution in [-0.2, 0) is 0 Å². The average molecular weight is 122 g/mol. The molecule has 2 aliphatic heterocycles. The molecule has 0 bridgehead atoms. The van der Waals surface area contributed by atoms with Crippen molar-refractivity contribution in [1.82, 2.24) is 4.90 Å². The lowest BCUT2D eigenvalue weighted by Crippen LogP contribution is -2.35. The molecule has 2 aliphatic rings. The van der Waals surface area contributed by atoms with Crippen LogP contribution >= 0.6 is 0 Å². The minimum absolute atomic E-state index is 0.943. The number of hydrogen-bond donors (Lipinski definition) is 0. The van der Waals surface area contributed by atoms with Crippen LogP contribution in [0.15, 0.2) is 0 Å². The highest BCUT2D eigenvalue weighted by Crippen LogP contribution is 2.23. The minimum atomic E-state index is 0.943. The second kappa shape index (κ2) is 2.33. The van der Waals surface area contributed by atoms with E-state index >= 15 is 0 Å². The summed E-state index contributed by atoms with van der Waals surface area (Å²) >= 11 is 0. The van der Waals surface area contributed by atoms with E-state index in [1.807, 2.05) is 0 Å². The van der Waals surface area contributed by atoms with Gasteiger partial charge in [0.2, 0.25) is 0 Å². The van der Waals surface area contributed by atoms with E-state index in [0.29, 0.717) is 0 Å². The summed E-state index contributed by atoms with van der Waals surface area (Å²) < 4.78 is 0. The van der Waals surface area contributed by atoms with Gasteiger partial charge in [0.05, 0.1) is 0 Å². The van der Waals surface area contributed by atoms with E-state index in [9.17, 15) is 0 Å². The van der Waals surface area contributed by atoms with Crippen molar-refractivity contribution in [1.29, 1.82) is 0 Å². The van der Waals surface area contributed by atoms with Gasteiger partial charge in [-0.15, -0.1) is 0 Å². The van der Waals surface area contributed by atoms with Crippen LogP contribution in [0.5, 0.6) is 0 Å². The summed E-state index contributed by atoms with van der Waals surface area (Å²) in [6.45, 7) is 2.71. The zero-order valence-corrected chi connectivity index (χ0v) is 5.84. The van der Waals surface area contributed by atoms with Crippen LogP contribution in [0.2, 0.25) is 12.6 Å². The molecule has 0 amide bonds. The summed E-state index contributed by atoms with van der Waals surface area (Å²) in [5, 5.41) is 0. The van der Waals surface area contributed by atoms with Gasteiger partial charge in [-0.3, -0.25) is 0 Å². The van der Waals surface area contributed by atoms with E-state index in [1.165, 1.54) is 38.6 Å². The van der Waals surface area contributed by atoms with E-state index in [1.54, 1.807) is 0 Å². The molecule has 2 rings (SSSR count). The largest absolute Gasteiger partial charge is 0.302 e. The summed E-state index contributed by atoms with van der Waals surface area (Å²) in [6.07, 6.45) is 5.59. The van der Waals surface area contributed by atoms with Gasteiger partial charge in [0, 0.05) is 6.04 Å². The third kappa shape index (κ3) is 1.01. The van der Waals surface area contributed by atoms with Crippen LogP contribution in [0.25, 0.3) is 0 Å². The van der Waals surface area contributed by atoms with Crippen LogP contribution in [0.4, 0.5) is 0 Å². The molecule has 0 aromatic carbocycles. The fraction of sp³-hybridized carbons (Fsp3) is 1.00. The molecule has 0 aromatic rings. The van der Waals surface area contributed by atoms with E-state index in [-0.39, 0.29) is 0 Å². The van der Waals surface area contributed by atoms with Crippen molar-refractivity contribution in [3.05, 3.63) is 0 Å². The van der Waals surface area contributed by atoms with E-state index in [0.717, 1.165) is 6.04 Å². The quantitative estimate of drug-likeness (QED) is 0.433. The highest BCUT2D eigenvalue weighted by atomic mass is 15.2. The first-order chi connectivity index (χ1) is 4.47. The molecule has 0 aliphatic carbocycles. The normalized spacial score (nSPS) is 35.8. The van der Waals surface area contributed by atoms with Gasteiger partial charge >= 0.3 is 0 Å². The molecule has 1 unspecified atom stereocenters. The maximum atomic E-state index is 2.64. The molecule has 2 saturated heterocycles. The van der Waals surface area contributed by atoms with Gasteiger partial charge in [-0.2, -0.15) is 0 Å². The average Bonchev–Trinajstić information content (AvgIpc) is 2.33. The molecule has 0 spiro atoms. The molecule has 1 nitrogen and oxygen atoms in total. The molecule has 2 fully saturated rings. The smallest absolute Gasteiger partial charge is 0.113 e. The van der Waals surface area contributed by atoms with Crippen molar-refractivity contribution < 1.29 is 0 Å². The summed E-state index contributed by atoms with van der Waals surface area (Å²) in [7, 11) is 2.45. The van der Waals surface area contributed by atoms with Crippen molar-refractivity contribution in [3.8, 4) is 0 Å². The number of rotatable bonds is 0. The van der Waals surface area contributed by atoms with E-state index < -0.39 is 0 Å². The molecule has 1 atom stereocenters. The first-order valence-corrected chi connectivity index (χ1v) is 4.02. The second-order valence-electron chi connectivity index (χ2n) is 3.15. The third-order valence-electron chi connectivity index (χ3n) is 2.56. The van der Waals surface area contributed by atoms with Crippen LogP contribution < -0.4 is 0 Å². The van der Waals surface area contributed by atoms with Crippen LogP contribution in [0.3, 0.4) is 0 Å². The molecular formula is C7H13BN. The SMILES string of the molecule is [B]1CCN2CCCC2C1. The number of fused-ring (bicyclic) bond motifs is 1. The molecule has 0 N–H and O–H groups in total. The van der Waals surface area contributed by atoms with Gasteiger partial charge in [0.15, 0.2) is 0 Å². The molecule has 0 aromatic heterocycles. The van der Waals surface area contributed by atoms with Gasteiger partial charge in [-0.25, -0.2) is 0 Å². The van der Waals surface area contributed by atoms with E-state index in [4.69, 9.17) is 0 Å². The van der Waals surface area contributed by atoms with Gasteiger partial charge in [-0.05, 0) is 25.9 Å². The zero-order valence-electron chi connectivity index (χ0n) is 5.84. The Morgan fingerprint density at radius 3 is 3.22 bits per heavy atom. The predicted octanol–water partition coefficient (Wildman–Crippen LogP) is 1.01. The monoisotopic (exact) mass is 122 g/mol. The molecule has 2 heteroatoms. The molecule has 2 heterocycles. The molecule has 1 radical (unpaired) electrons. The molecule has 9 heavy (non-hydrogen) atoms. The van der Waals surface area contributed by atoms with E-state index in [2.05, 4.69) is 12.2 Å². The highest BCUT2D eigenvalue weighted by molar-refractivity contribution is 6.36. The van der Waals surface area contributed by atoms with Crippen molar-refractivity contribution >= 4 is 7.28 Å². The summed E-state index contributed by atoms with van der Waals surface area (Å²) in [5.41, 5.74) is 0. The predicted molar refractivity (Wildman–Crippen MR) is 40.0 cm³/mol. The minimum Gasteiger partial charge on any atom is -0.302 e.